The lowest BCUT2D eigenvalue weighted by atomic mass is 9.85. The van der Waals surface area contributed by atoms with Crippen molar-refractivity contribution in [2.24, 2.45) is 0 Å². The van der Waals surface area contributed by atoms with Crippen LogP contribution in [0.2, 0.25) is 0 Å². The summed E-state index contributed by atoms with van der Waals surface area (Å²) in [6, 6.07) is 12.9. The van der Waals surface area contributed by atoms with Gasteiger partial charge in [0.05, 0.1) is 12.0 Å². The highest BCUT2D eigenvalue weighted by atomic mass is 19.4. The second-order valence-corrected chi connectivity index (χ2v) is 6.59. The van der Waals surface area contributed by atoms with Crippen LogP contribution in [0.4, 0.5) is 13.2 Å². The SMILES string of the molecule is CN1C(=N)N[C@](C)(c2cccc(-c3cccc(OC(F)(F)F)c3)c2)CC1=O. The van der Waals surface area contributed by atoms with E-state index in [4.69, 9.17) is 5.41 Å². The molecule has 2 aromatic carbocycles. The molecule has 1 heterocycles. The first kappa shape index (κ1) is 18.8. The average Bonchev–Trinajstić information content (AvgIpc) is 2.58. The first-order valence-electron chi connectivity index (χ1n) is 8.17. The first-order valence-corrected chi connectivity index (χ1v) is 8.17. The second-order valence-electron chi connectivity index (χ2n) is 6.59. The molecule has 5 nitrogen and oxygen atoms in total. The van der Waals surface area contributed by atoms with Crippen molar-refractivity contribution in [1.29, 1.82) is 5.41 Å². The number of nitrogens with one attached hydrogen (secondary N) is 2. The van der Waals surface area contributed by atoms with E-state index >= 15 is 0 Å². The molecule has 2 aromatic rings. The lowest BCUT2D eigenvalue weighted by Crippen LogP contribution is -2.58. The predicted molar refractivity (Wildman–Crippen MR) is 94.2 cm³/mol. The lowest BCUT2D eigenvalue weighted by molar-refractivity contribution is -0.274. The first-order chi connectivity index (χ1) is 12.6. The zero-order valence-corrected chi connectivity index (χ0v) is 14.7. The van der Waals surface area contributed by atoms with Gasteiger partial charge in [0.2, 0.25) is 5.91 Å². The number of benzene rings is 2. The van der Waals surface area contributed by atoms with Crippen LogP contribution in [0.5, 0.6) is 5.75 Å². The molecule has 1 saturated heterocycles. The molecule has 0 unspecified atom stereocenters. The van der Waals surface area contributed by atoms with Crippen LogP contribution in [-0.4, -0.2) is 30.2 Å². The van der Waals surface area contributed by atoms with Gasteiger partial charge in [-0.25, -0.2) is 0 Å². The number of ether oxygens (including phenoxy) is 1. The summed E-state index contributed by atoms with van der Waals surface area (Å²) in [5.41, 5.74) is 1.21. The summed E-state index contributed by atoms with van der Waals surface area (Å²) < 4.78 is 41.3. The van der Waals surface area contributed by atoms with Crippen LogP contribution in [-0.2, 0) is 10.3 Å². The minimum absolute atomic E-state index is 0.000252. The highest BCUT2D eigenvalue weighted by Crippen LogP contribution is 2.33. The van der Waals surface area contributed by atoms with Crippen molar-refractivity contribution in [3.63, 3.8) is 0 Å². The van der Waals surface area contributed by atoms with Crippen molar-refractivity contribution in [2.45, 2.75) is 25.2 Å². The molecule has 2 N–H and O–H groups in total. The molecule has 0 radical (unpaired) electrons. The van der Waals surface area contributed by atoms with Crippen molar-refractivity contribution >= 4 is 11.9 Å². The molecule has 27 heavy (non-hydrogen) atoms. The third kappa shape index (κ3) is 4.05. The van der Waals surface area contributed by atoms with Crippen LogP contribution in [0, 0.1) is 5.41 Å². The Kier molecular flexibility index (Phi) is 4.59. The van der Waals surface area contributed by atoms with Gasteiger partial charge in [-0.1, -0.05) is 30.3 Å². The molecular weight excluding hydrogens is 359 g/mol. The van der Waals surface area contributed by atoms with Crippen LogP contribution in [0.3, 0.4) is 0 Å². The summed E-state index contributed by atoms with van der Waals surface area (Å²) in [6.07, 6.45) is -4.60. The number of nitrogens with zero attached hydrogens (tertiary/aromatic N) is 1. The van der Waals surface area contributed by atoms with Gasteiger partial charge in [-0.3, -0.25) is 15.1 Å². The molecule has 1 amide bonds. The number of guanidine groups is 1. The summed E-state index contributed by atoms with van der Waals surface area (Å²) in [4.78, 5) is 13.4. The molecule has 1 aliphatic heterocycles. The quantitative estimate of drug-likeness (QED) is 0.854. The molecule has 0 aliphatic carbocycles. The maximum absolute atomic E-state index is 12.5. The van der Waals surface area contributed by atoms with Crippen molar-refractivity contribution in [1.82, 2.24) is 10.2 Å². The summed E-state index contributed by atoms with van der Waals surface area (Å²) in [5.74, 6) is -0.488. The van der Waals surface area contributed by atoms with Crippen molar-refractivity contribution in [3.8, 4) is 16.9 Å². The third-order valence-electron chi connectivity index (χ3n) is 4.51. The maximum atomic E-state index is 12.5. The van der Waals surface area contributed by atoms with Gasteiger partial charge in [0.1, 0.15) is 5.75 Å². The van der Waals surface area contributed by atoms with E-state index in [0.717, 1.165) is 5.56 Å². The Morgan fingerprint density at radius 3 is 2.41 bits per heavy atom. The Balaban J connectivity index is 1.94. The molecule has 8 heteroatoms. The smallest absolute Gasteiger partial charge is 0.406 e. The standard InChI is InChI=1S/C19H18F3N3O2/c1-18(11-16(26)25(2)17(23)24-18)14-7-3-5-12(9-14)13-6-4-8-15(10-13)27-19(20,21)22/h3-10H,11H2,1-2H3,(H2,23,24)/t18-/m0/s1. The third-order valence-corrected chi connectivity index (χ3v) is 4.51. The van der Waals surface area contributed by atoms with E-state index in [1.165, 1.54) is 30.1 Å². The largest absolute Gasteiger partial charge is 0.573 e. The van der Waals surface area contributed by atoms with Gasteiger partial charge in [0.15, 0.2) is 5.96 Å². The van der Waals surface area contributed by atoms with Gasteiger partial charge in [-0.2, -0.15) is 0 Å². The van der Waals surface area contributed by atoms with E-state index in [2.05, 4.69) is 10.1 Å². The summed E-state index contributed by atoms with van der Waals surface area (Å²) in [7, 11) is 1.53. The number of halogens is 3. The van der Waals surface area contributed by atoms with Gasteiger partial charge >= 0.3 is 6.36 Å². The zero-order valence-electron chi connectivity index (χ0n) is 14.7. The highest BCUT2D eigenvalue weighted by molar-refractivity contribution is 5.98. The van der Waals surface area contributed by atoms with E-state index in [9.17, 15) is 18.0 Å². The molecule has 0 saturated carbocycles. The maximum Gasteiger partial charge on any atom is 0.573 e. The Morgan fingerprint density at radius 2 is 1.78 bits per heavy atom. The lowest BCUT2D eigenvalue weighted by Gasteiger charge is -2.39. The molecule has 1 aliphatic rings. The van der Waals surface area contributed by atoms with Gasteiger partial charge < -0.3 is 10.1 Å². The van der Waals surface area contributed by atoms with Crippen molar-refractivity contribution in [2.75, 3.05) is 7.05 Å². The topological polar surface area (TPSA) is 65.4 Å². The number of rotatable bonds is 3. The molecule has 0 spiro atoms. The monoisotopic (exact) mass is 377 g/mol. The Morgan fingerprint density at radius 1 is 1.15 bits per heavy atom. The molecule has 3 rings (SSSR count). The van der Waals surface area contributed by atoms with Gasteiger partial charge in [-0.15, -0.1) is 13.2 Å². The van der Waals surface area contributed by atoms with E-state index in [1.807, 2.05) is 13.0 Å². The highest BCUT2D eigenvalue weighted by Gasteiger charge is 2.38. The summed E-state index contributed by atoms with van der Waals surface area (Å²) >= 11 is 0. The van der Waals surface area contributed by atoms with Crippen LogP contribution < -0.4 is 10.1 Å². The van der Waals surface area contributed by atoms with Crippen LogP contribution in [0.25, 0.3) is 11.1 Å². The van der Waals surface area contributed by atoms with Crippen molar-refractivity contribution < 1.29 is 22.7 Å². The fourth-order valence-electron chi connectivity index (χ4n) is 3.02. The van der Waals surface area contributed by atoms with Crippen LogP contribution in [0.15, 0.2) is 48.5 Å². The van der Waals surface area contributed by atoms with E-state index in [0.29, 0.717) is 11.1 Å². The van der Waals surface area contributed by atoms with Gasteiger partial charge in [-0.05, 0) is 41.8 Å². The molecule has 1 atom stereocenters. The minimum atomic E-state index is -4.76. The Bertz CT molecular complexity index is 878. The fraction of sp³-hybridized carbons (Fsp3) is 0.263. The average molecular weight is 377 g/mol. The van der Waals surface area contributed by atoms with Gasteiger partial charge in [0.25, 0.3) is 0 Å². The summed E-state index contributed by atoms with van der Waals surface area (Å²) in [6.45, 7) is 1.81. The number of carbonyl (C=O) groups excluding carboxylic acids is 1. The molecule has 1 fully saturated rings. The number of hydrogen-bond donors (Lipinski definition) is 2. The Labute approximate surface area is 154 Å². The number of carbonyl (C=O) groups is 1. The van der Waals surface area contributed by atoms with E-state index in [1.54, 1.807) is 24.3 Å². The van der Waals surface area contributed by atoms with Crippen molar-refractivity contribution in [3.05, 3.63) is 54.1 Å². The number of amides is 1. The predicted octanol–water partition coefficient (Wildman–Crippen LogP) is 3.85. The van der Waals surface area contributed by atoms with Crippen LogP contribution >= 0.6 is 0 Å². The van der Waals surface area contributed by atoms with Gasteiger partial charge in [0, 0.05) is 7.05 Å². The van der Waals surface area contributed by atoms with E-state index < -0.39 is 11.9 Å². The molecule has 0 aromatic heterocycles. The summed E-state index contributed by atoms with van der Waals surface area (Å²) in [5, 5.41) is 11.0. The zero-order chi connectivity index (χ0) is 19.8. The normalized spacial score (nSPS) is 20.4. The molecule has 0 bridgehead atoms. The second kappa shape index (κ2) is 6.61. The number of alkyl halides is 3. The molecular formula is C19H18F3N3O2. The number of hydrogen-bond acceptors (Lipinski definition) is 3. The minimum Gasteiger partial charge on any atom is -0.406 e. The molecule has 142 valence electrons. The fourth-order valence-corrected chi connectivity index (χ4v) is 3.02. The van der Waals surface area contributed by atoms with Crippen LogP contribution in [0.1, 0.15) is 18.9 Å². The Hall–Kier alpha value is -3.03. The van der Waals surface area contributed by atoms with E-state index in [-0.39, 0.29) is 24.0 Å².